The Morgan fingerprint density at radius 2 is 0.924 bits per heavy atom. The first-order chi connectivity index (χ1) is 61.8. The van der Waals surface area contributed by atoms with Crippen molar-refractivity contribution in [1.29, 1.82) is 0 Å². The Hall–Kier alpha value is -10.6. The summed E-state index contributed by atoms with van der Waals surface area (Å²) in [5, 5.41) is 111. The lowest BCUT2D eigenvalue weighted by Gasteiger charge is -2.28. The van der Waals surface area contributed by atoms with Crippen LogP contribution in [0, 0.1) is 53.3 Å². The van der Waals surface area contributed by atoms with Gasteiger partial charge in [-0.2, -0.15) is 0 Å². The van der Waals surface area contributed by atoms with Gasteiger partial charge in [-0.25, -0.2) is 12.7 Å². The molecule has 0 aromatic heterocycles. The topological polar surface area (TPSA) is 637 Å². The molecule has 0 aliphatic carbocycles. The molecule has 3 aromatic rings. The van der Waals surface area contributed by atoms with Crippen LogP contribution in [-0.4, -0.2) is 269 Å². The molecule has 0 bridgehead atoms. The molecular weight excluding hydrogens is 1750 g/mol. The van der Waals surface area contributed by atoms with Gasteiger partial charge in [-0.05, 0) is 138 Å². The van der Waals surface area contributed by atoms with Gasteiger partial charge in [0.15, 0.2) is 34.7 Å². The Kier molecular flexibility index (Phi) is 49.6. The Labute approximate surface area is 766 Å². The van der Waals surface area contributed by atoms with Crippen molar-refractivity contribution in [2.24, 2.45) is 59.0 Å². The number of Topliss-reactive ketones (excluding diaryl/α,β-unsaturated/α-hetero) is 8. The molecule has 0 saturated carbocycles. The predicted molar refractivity (Wildman–Crippen MR) is 478 cm³/mol. The quantitative estimate of drug-likeness (QED) is 0.0360. The van der Waals surface area contributed by atoms with Crippen LogP contribution in [-0.2, 0) is 116 Å². The number of carbonyl (C=O) groups excluding carboxylic acids is 15. The van der Waals surface area contributed by atoms with Crippen molar-refractivity contribution >= 4 is 127 Å². The fourth-order valence-electron chi connectivity index (χ4n) is 14.9. The molecule has 1 fully saturated rings. The molecule has 38 nitrogen and oxygen atoms in total. The first kappa shape index (κ1) is 113. The maximum Gasteiger partial charge on any atom is 0.304 e. The Morgan fingerprint density at radius 1 is 0.450 bits per heavy atom. The molecule has 3 aromatic carbocycles. The number of aliphatic carboxylic acids is 3. The maximum absolute atomic E-state index is 14.8. The SMILES string of the molecule is CC[C@H](C)[C@H](NC(=O)[C@H](CO)CC(=O)[C@H](Cc1ccc(O)cc1)NC(=O)[C@H](CC(=O)O)CC(=O)[C@H](CO)NC(=O)[C@@H](CC(=O)[C@H](Cc1ccccc1)NC(=O)[C@@H](CC(=O)CNC(=O)[C@H](CCC(=O)O)CC(=O)CSCC(=O)CCCN1CCCS1(=O)=O)[C@@H](C)O)[C@@H](C)O)C(=O)C[C@@H](Cc1ccc(O)cc1)C(=O)N[C@@H](CC(C)C)C(=O)C[C@@H](CC(=O)O)C(=O)N[C@H](C)CCCCN. The average Bonchev–Trinajstić information content (AvgIpc) is 1.80. The van der Waals surface area contributed by atoms with E-state index in [0.29, 0.717) is 49.9 Å². The van der Waals surface area contributed by atoms with Crippen molar-refractivity contribution in [1.82, 2.24) is 41.5 Å². The summed E-state index contributed by atoms with van der Waals surface area (Å²) in [4.78, 5) is 247. The number of phenolic OH excluding ortho intramolecular Hbond substituents is 2. The molecule has 16 atom stereocenters. The zero-order valence-electron chi connectivity index (χ0n) is 75.3. The molecule has 18 N–H and O–H groups in total. The zero-order valence-corrected chi connectivity index (χ0v) is 76.9. The molecule has 131 heavy (non-hydrogen) atoms. The van der Waals surface area contributed by atoms with E-state index in [1.165, 1.54) is 52.8 Å². The van der Waals surface area contributed by atoms with Gasteiger partial charge in [-0.3, -0.25) is 86.3 Å². The first-order valence-electron chi connectivity index (χ1n) is 44.2. The Morgan fingerprint density at radius 3 is 1.44 bits per heavy atom. The molecule has 726 valence electrons. The molecule has 7 amide bonds. The normalized spacial score (nSPS) is 16.2. The lowest BCUT2D eigenvalue weighted by Crippen LogP contribution is -2.52. The van der Waals surface area contributed by atoms with Crippen LogP contribution in [0.15, 0.2) is 78.9 Å². The number of ketones is 8. The van der Waals surface area contributed by atoms with E-state index in [2.05, 4.69) is 37.2 Å². The molecule has 0 radical (unpaired) electrons. The Bertz CT molecular complexity index is 4480. The van der Waals surface area contributed by atoms with Crippen LogP contribution in [0.25, 0.3) is 0 Å². The van der Waals surface area contributed by atoms with Gasteiger partial charge in [0.1, 0.15) is 29.1 Å². The predicted octanol–water partition coefficient (Wildman–Crippen LogP) is 2.10. The summed E-state index contributed by atoms with van der Waals surface area (Å²) in [7, 11) is -3.35. The third-order valence-electron chi connectivity index (χ3n) is 22.8. The molecule has 0 spiro atoms. The maximum atomic E-state index is 14.8. The van der Waals surface area contributed by atoms with E-state index in [1.807, 2.05) is 0 Å². The number of nitrogens with one attached hydrogen (secondary N) is 7. The van der Waals surface area contributed by atoms with E-state index in [1.54, 1.807) is 65.0 Å². The number of carbonyl (C=O) groups is 18. The number of hydrogen-bond donors (Lipinski definition) is 17. The van der Waals surface area contributed by atoms with E-state index >= 15 is 0 Å². The zero-order chi connectivity index (χ0) is 97.9. The van der Waals surface area contributed by atoms with E-state index in [9.17, 15) is 141 Å². The Balaban J connectivity index is 1.53. The van der Waals surface area contributed by atoms with Gasteiger partial charge in [0.2, 0.25) is 51.4 Å². The van der Waals surface area contributed by atoms with Crippen molar-refractivity contribution in [2.45, 2.75) is 238 Å². The fourth-order valence-corrected chi connectivity index (χ4v) is 17.3. The van der Waals surface area contributed by atoms with Gasteiger partial charge in [-0.1, -0.05) is 95.1 Å². The second-order valence-electron chi connectivity index (χ2n) is 34.3. The van der Waals surface area contributed by atoms with Crippen LogP contribution < -0.4 is 43.0 Å². The van der Waals surface area contributed by atoms with Crippen molar-refractivity contribution in [3.05, 3.63) is 95.6 Å². The number of nitrogens with zero attached hydrogens (tertiary/aromatic N) is 1. The number of benzene rings is 3. The van der Waals surface area contributed by atoms with E-state index in [4.69, 9.17) is 5.73 Å². The van der Waals surface area contributed by atoms with Crippen LogP contribution in [0.5, 0.6) is 11.5 Å². The minimum atomic E-state index is -3.35. The number of phenols is 2. The van der Waals surface area contributed by atoms with Crippen LogP contribution in [0.1, 0.15) is 187 Å². The van der Waals surface area contributed by atoms with Crippen LogP contribution in [0.2, 0.25) is 0 Å². The van der Waals surface area contributed by atoms with Crippen molar-refractivity contribution in [3.8, 4) is 11.5 Å². The fraction of sp³-hybridized carbons (Fsp3) is 0.604. The van der Waals surface area contributed by atoms with Crippen LogP contribution in [0.3, 0.4) is 0 Å². The number of hydrogen-bond acceptors (Lipinski definition) is 28. The largest absolute Gasteiger partial charge is 0.508 e. The highest BCUT2D eigenvalue weighted by Crippen LogP contribution is 2.27. The standard InChI is InChI=1S/C91H131N9O29S2/c1-8-53(4)84(80(114)41-61(35-58-20-25-65(105)26-21-58)87(123)95-72(34-52(2)3)76(110)39-62(43-82(117)118)86(122)94-54(5)16-12-13-30-92)99-89(125)64(48-101)42-77(111)73(37-59-22-27-66(106)28-23-59)96-88(124)63(44-83(119)120)40-78(112)75(49-102)98-91(127)71(56(7)104)46-79(113)74(36-57-17-10-9-11-18-57)97-90(126)70(55(6)103)45-68(108)47-93-85(121)60(24-29-81(115)116)38-69(109)51-130-50-67(107)19-14-31-100-32-15-33-131(100,128)129/h9-11,17-18,20-23,25-28,52-56,60-64,70-75,84,101-106H,8,12-16,19,24,29-51,92H2,1-7H3,(H,93,121)(H,94,122)(H,95,123)(H,96,124)(H,97,126)(H,98,127)(H,99,125)(H,115,116)(H,117,118)(H,119,120)/t53-,54+,55+,56+,60+,61+,62-,63-,64-,70-,71-,72-,73-,74-,75-,84-/m0/s1. The van der Waals surface area contributed by atoms with Crippen molar-refractivity contribution in [3.63, 3.8) is 0 Å². The molecule has 1 heterocycles. The summed E-state index contributed by atoms with van der Waals surface area (Å²) in [5.74, 6) is -30.0. The number of aliphatic hydroxyl groups is 4. The number of carboxylic acids is 3. The number of rotatable bonds is 67. The van der Waals surface area contributed by atoms with Crippen molar-refractivity contribution < 1.29 is 141 Å². The van der Waals surface area contributed by atoms with E-state index in [0.717, 1.165) is 25.6 Å². The second-order valence-corrected chi connectivity index (χ2v) is 37.4. The van der Waals surface area contributed by atoms with E-state index < -0.39 is 290 Å². The minimum absolute atomic E-state index is 0.0240. The third-order valence-corrected chi connectivity index (χ3v) is 25.8. The third kappa shape index (κ3) is 41.4. The highest BCUT2D eigenvalue weighted by molar-refractivity contribution is 8.00. The number of unbranched alkanes of at least 4 members (excludes halogenated alkanes) is 1. The number of sulfonamides is 1. The summed E-state index contributed by atoms with van der Waals surface area (Å²) in [6.07, 6.45) is -9.38. The number of aliphatic hydroxyl groups excluding tert-OH is 4. The summed E-state index contributed by atoms with van der Waals surface area (Å²) in [6, 6.07) is 10.4. The summed E-state index contributed by atoms with van der Waals surface area (Å²) < 4.78 is 25.5. The van der Waals surface area contributed by atoms with Gasteiger partial charge < -0.3 is 88.9 Å². The molecule has 1 aliphatic rings. The minimum Gasteiger partial charge on any atom is -0.508 e. The van der Waals surface area contributed by atoms with Crippen molar-refractivity contribution in [2.75, 3.05) is 56.7 Å². The highest BCUT2D eigenvalue weighted by Gasteiger charge is 2.41. The highest BCUT2D eigenvalue weighted by atomic mass is 32.2. The number of amides is 7. The lowest BCUT2D eigenvalue weighted by atomic mass is 9.85. The second kappa shape index (κ2) is 57.6. The smallest absolute Gasteiger partial charge is 0.304 e. The number of carboxylic acid groups (broad SMARTS) is 3. The van der Waals surface area contributed by atoms with E-state index in [-0.39, 0.29) is 104 Å². The van der Waals surface area contributed by atoms with Crippen LogP contribution >= 0.6 is 11.8 Å². The lowest BCUT2D eigenvalue weighted by molar-refractivity contribution is -0.143. The van der Waals surface area contributed by atoms with Gasteiger partial charge in [0.25, 0.3) is 0 Å². The summed E-state index contributed by atoms with van der Waals surface area (Å²) >= 11 is 0.954. The van der Waals surface area contributed by atoms with Crippen LogP contribution in [0.4, 0.5) is 0 Å². The monoisotopic (exact) mass is 1880 g/mol. The summed E-state index contributed by atoms with van der Waals surface area (Å²) in [5.41, 5.74) is 6.76. The molecular formula is C91H131N9O29S2. The van der Waals surface area contributed by atoms with Gasteiger partial charge in [0, 0.05) is 88.8 Å². The van der Waals surface area contributed by atoms with Gasteiger partial charge in [0.05, 0.1) is 116 Å². The van der Waals surface area contributed by atoms with Gasteiger partial charge in [-0.15, -0.1) is 11.8 Å². The molecule has 4 rings (SSSR count). The summed E-state index contributed by atoms with van der Waals surface area (Å²) in [6.45, 7) is 8.67. The van der Waals surface area contributed by atoms with Gasteiger partial charge >= 0.3 is 17.9 Å². The number of thioether (sulfide) groups is 1. The molecule has 0 unspecified atom stereocenters. The molecule has 1 aliphatic heterocycles. The molecule has 40 heteroatoms. The first-order valence-corrected chi connectivity index (χ1v) is 46.9. The number of nitrogens with two attached hydrogens (primary N) is 1. The number of aromatic hydroxyl groups is 2. The molecule has 1 saturated heterocycles. The average molecular weight is 1880 g/mol.